The van der Waals surface area contributed by atoms with Gasteiger partial charge in [-0.15, -0.1) is 11.8 Å². The molecule has 0 unspecified atom stereocenters. The minimum absolute atomic E-state index is 0.0845. The molecule has 20 heavy (non-hydrogen) atoms. The van der Waals surface area contributed by atoms with Crippen molar-refractivity contribution in [2.24, 2.45) is 0 Å². The molecule has 106 valence electrons. The van der Waals surface area contributed by atoms with E-state index in [9.17, 15) is 4.79 Å². The molecule has 1 N–H and O–H groups in total. The average Bonchev–Trinajstić information content (AvgIpc) is 2.96. The van der Waals surface area contributed by atoms with Crippen molar-refractivity contribution in [2.45, 2.75) is 24.8 Å². The van der Waals surface area contributed by atoms with Gasteiger partial charge in [-0.2, -0.15) is 0 Å². The fourth-order valence-corrected chi connectivity index (χ4v) is 2.47. The van der Waals surface area contributed by atoms with Crippen LogP contribution < -0.4 is 5.32 Å². The molecule has 0 spiro atoms. The van der Waals surface area contributed by atoms with E-state index < -0.39 is 0 Å². The summed E-state index contributed by atoms with van der Waals surface area (Å²) in [5, 5.41) is 2.93. The Bertz CT molecular complexity index is 523. The van der Waals surface area contributed by atoms with E-state index in [1.807, 2.05) is 22.9 Å². The first kappa shape index (κ1) is 14.7. The molecule has 0 atom stereocenters. The lowest BCUT2D eigenvalue weighted by molar-refractivity contribution is -0.118. The first-order valence-corrected chi connectivity index (χ1v) is 7.64. The van der Waals surface area contributed by atoms with Crippen molar-refractivity contribution in [1.82, 2.24) is 14.9 Å². The van der Waals surface area contributed by atoms with Gasteiger partial charge in [-0.1, -0.05) is 17.7 Å². The average molecular weight is 289 g/mol. The molecule has 1 aromatic heterocycles. The van der Waals surface area contributed by atoms with Crippen molar-refractivity contribution in [3.8, 4) is 0 Å². The molecule has 1 amide bonds. The van der Waals surface area contributed by atoms with Crippen LogP contribution in [0, 0.1) is 6.92 Å². The van der Waals surface area contributed by atoms with Crippen molar-refractivity contribution >= 4 is 17.7 Å². The van der Waals surface area contributed by atoms with E-state index in [1.54, 1.807) is 24.3 Å². The number of aromatic nitrogens is 2. The van der Waals surface area contributed by atoms with Gasteiger partial charge in [0.25, 0.3) is 0 Å². The normalized spacial score (nSPS) is 10.4. The Hall–Kier alpha value is -1.75. The Kier molecular flexibility index (Phi) is 5.68. The highest BCUT2D eigenvalue weighted by Gasteiger charge is 2.02. The lowest BCUT2D eigenvalue weighted by Gasteiger charge is -2.06. The standard InChI is InChI=1S/C15H19N3OS/c1-13-3-5-14(6-4-13)20-11-15(19)17-7-2-9-18-10-8-16-12-18/h3-6,8,10,12H,2,7,9,11H2,1H3,(H,17,19). The second kappa shape index (κ2) is 7.75. The number of benzene rings is 1. The van der Waals surface area contributed by atoms with Crippen LogP contribution in [0.1, 0.15) is 12.0 Å². The molecule has 5 heteroatoms. The number of aryl methyl sites for hydroxylation is 2. The van der Waals surface area contributed by atoms with E-state index in [0.717, 1.165) is 17.9 Å². The molecule has 1 aromatic carbocycles. The molecule has 1 heterocycles. The van der Waals surface area contributed by atoms with Crippen molar-refractivity contribution in [1.29, 1.82) is 0 Å². The van der Waals surface area contributed by atoms with Gasteiger partial charge in [0.1, 0.15) is 0 Å². The van der Waals surface area contributed by atoms with E-state index in [1.165, 1.54) is 5.56 Å². The van der Waals surface area contributed by atoms with Gasteiger partial charge in [-0.25, -0.2) is 4.98 Å². The van der Waals surface area contributed by atoms with E-state index in [4.69, 9.17) is 0 Å². The summed E-state index contributed by atoms with van der Waals surface area (Å²) in [7, 11) is 0. The van der Waals surface area contributed by atoms with Gasteiger partial charge >= 0.3 is 0 Å². The quantitative estimate of drug-likeness (QED) is 0.629. The third-order valence-corrected chi connectivity index (χ3v) is 3.88. The number of nitrogens with zero attached hydrogens (tertiary/aromatic N) is 2. The number of thioether (sulfide) groups is 1. The zero-order valence-electron chi connectivity index (χ0n) is 11.6. The molecular formula is C15H19N3OS. The van der Waals surface area contributed by atoms with Gasteiger partial charge in [-0.3, -0.25) is 4.79 Å². The largest absolute Gasteiger partial charge is 0.355 e. The second-order valence-corrected chi connectivity index (χ2v) is 5.65. The number of hydrogen-bond acceptors (Lipinski definition) is 3. The Balaban J connectivity index is 1.59. The summed E-state index contributed by atoms with van der Waals surface area (Å²) in [5.74, 6) is 0.551. The van der Waals surface area contributed by atoms with Gasteiger partial charge in [-0.05, 0) is 25.5 Å². The summed E-state index contributed by atoms with van der Waals surface area (Å²) in [6.45, 7) is 3.64. The third kappa shape index (κ3) is 5.09. The number of amides is 1. The first-order chi connectivity index (χ1) is 9.74. The van der Waals surface area contributed by atoms with Crippen LogP contribution >= 0.6 is 11.8 Å². The van der Waals surface area contributed by atoms with Gasteiger partial charge < -0.3 is 9.88 Å². The number of hydrogen-bond donors (Lipinski definition) is 1. The van der Waals surface area contributed by atoms with Crippen LogP contribution in [-0.4, -0.2) is 27.8 Å². The fourth-order valence-electron chi connectivity index (χ4n) is 1.74. The van der Waals surface area contributed by atoms with E-state index in [-0.39, 0.29) is 5.91 Å². The van der Waals surface area contributed by atoms with E-state index in [0.29, 0.717) is 12.3 Å². The van der Waals surface area contributed by atoms with Crippen LogP contribution in [0.5, 0.6) is 0 Å². The summed E-state index contributed by atoms with van der Waals surface area (Å²) in [4.78, 5) is 16.8. The highest BCUT2D eigenvalue weighted by Crippen LogP contribution is 2.17. The predicted octanol–water partition coefficient (Wildman–Crippen LogP) is 2.49. The highest BCUT2D eigenvalue weighted by molar-refractivity contribution is 8.00. The first-order valence-electron chi connectivity index (χ1n) is 6.66. The number of rotatable bonds is 7. The molecule has 0 fully saturated rings. The van der Waals surface area contributed by atoms with Gasteiger partial charge in [0.2, 0.25) is 5.91 Å². The zero-order valence-corrected chi connectivity index (χ0v) is 12.4. The third-order valence-electron chi connectivity index (χ3n) is 2.87. The number of imidazole rings is 1. The minimum Gasteiger partial charge on any atom is -0.355 e. The highest BCUT2D eigenvalue weighted by atomic mass is 32.2. The molecule has 0 saturated carbocycles. The molecule has 0 radical (unpaired) electrons. The second-order valence-electron chi connectivity index (χ2n) is 4.61. The molecule has 0 aliphatic rings. The number of carbonyl (C=O) groups excluding carboxylic acids is 1. The lowest BCUT2D eigenvalue weighted by Crippen LogP contribution is -2.26. The molecule has 0 aliphatic carbocycles. The summed E-state index contributed by atoms with van der Waals surface area (Å²) in [5.41, 5.74) is 1.23. The Morgan fingerprint density at radius 2 is 2.15 bits per heavy atom. The maximum atomic E-state index is 11.7. The van der Waals surface area contributed by atoms with E-state index >= 15 is 0 Å². The zero-order chi connectivity index (χ0) is 14.2. The number of nitrogens with one attached hydrogen (secondary N) is 1. The maximum Gasteiger partial charge on any atom is 0.230 e. The molecule has 0 bridgehead atoms. The molecular weight excluding hydrogens is 270 g/mol. The van der Waals surface area contributed by atoms with Crippen LogP contribution in [0.15, 0.2) is 47.9 Å². The van der Waals surface area contributed by atoms with Crippen molar-refractivity contribution < 1.29 is 4.79 Å². The van der Waals surface area contributed by atoms with Gasteiger partial charge in [0, 0.05) is 30.4 Å². The van der Waals surface area contributed by atoms with Crippen LogP contribution in [0.3, 0.4) is 0 Å². The SMILES string of the molecule is Cc1ccc(SCC(=O)NCCCn2ccnc2)cc1. The Morgan fingerprint density at radius 1 is 1.35 bits per heavy atom. The summed E-state index contributed by atoms with van der Waals surface area (Å²) < 4.78 is 2.01. The monoisotopic (exact) mass is 289 g/mol. The molecule has 0 saturated heterocycles. The van der Waals surface area contributed by atoms with Crippen molar-refractivity contribution in [3.63, 3.8) is 0 Å². The summed E-state index contributed by atoms with van der Waals surface area (Å²) >= 11 is 1.57. The number of carbonyl (C=O) groups is 1. The van der Waals surface area contributed by atoms with Gasteiger partial charge in [0.05, 0.1) is 12.1 Å². The Morgan fingerprint density at radius 3 is 2.85 bits per heavy atom. The summed E-state index contributed by atoms with van der Waals surface area (Å²) in [6.07, 6.45) is 6.39. The molecule has 2 rings (SSSR count). The smallest absolute Gasteiger partial charge is 0.230 e. The van der Waals surface area contributed by atoms with E-state index in [2.05, 4.69) is 29.4 Å². The Labute approximate surface area is 123 Å². The molecule has 0 aliphatic heterocycles. The summed E-state index contributed by atoms with van der Waals surface area (Å²) in [6, 6.07) is 8.22. The maximum absolute atomic E-state index is 11.7. The topological polar surface area (TPSA) is 46.9 Å². The van der Waals surface area contributed by atoms with Crippen LogP contribution in [-0.2, 0) is 11.3 Å². The van der Waals surface area contributed by atoms with Gasteiger partial charge in [0.15, 0.2) is 0 Å². The van der Waals surface area contributed by atoms with Crippen LogP contribution in [0.2, 0.25) is 0 Å². The van der Waals surface area contributed by atoms with Crippen LogP contribution in [0.25, 0.3) is 0 Å². The lowest BCUT2D eigenvalue weighted by atomic mass is 10.2. The predicted molar refractivity (Wildman–Crippen MR) is 81.8 cm³/mol. The van der Waals surface area contributed by atoms with Crippen molar-refractivity contribution in [2.75, 3.05) is 12.3 Å². The molecule has 4 nitrogen and oxygen atoms in total. The minimum atomic E-state index is 0.0845. The van der Waals surface area contributed by atoms with Crippen LogP contribution in [0.4, 0.5) is 0 Å². The van der Waals surface area contributed by atoms with Crippen molar-refractivity contribution in [3.05, 3.63) is 48.5 Å². The fraction of sp³-hybridized carbons (Fsp3) is 0.333. The molecule has 2 aromatic rings.